The van der Waals surface area contributed by atoms with Gasteiger partial charge in [0.05, 0.1) is 5.69 Å². The van der Waals surface area contributed by atoms with Gasteiger partial charge in [-0.3, -0.25) is 4.98 Å². The number of aromatic nitrogens is 2. The minimum absolute atomic E-state index is 0.463. The lowest BCUT2D eigenvalue weighted by Gasteiger charge is -2.08. The molecule has 0 bridgehead atoms. The summed E-state index contributed by atoms with van der Waals surface area (Å²) in [6.45, 7) is 3.82. The van der Waals surface area contributed by atoms with Crippen LogP contribution >= 0.6 is 11.6 Å². The van der Waals surface area contributed by atoms with Crippen molar-refractivity contribution in [2.75, 3.05) is 0 Å². The number of rotatable bonds is 3. The predicted octanol–water partition coefficient (Wildman–Crippen LogP) is 3.62. The molecule has 0 aliphatic rings. The Hall–Kier alpha value is -1.61. The van der Waals surface area contributed by atoms with Gasteiger partial charge in [-0.05, 0) is 31.5 Å². The normalized spacial score (nSPS) is 10.3. The monoisotopic (exact) mass is 248 g/mol. The molecule has 88 valence electrons. The molecule has 4 heteroatoms. The first-order chi connectivity index (χ1) is 8.20. The van der Waals surface area contributed by atoms with Crippen LogP contribution in [0.3, 0.4) is 0 Å². The van der Waals surface area contributed by atoms with Crippen molar-refractivity contribution in [2.24, 2.45) is 0 Å². The Balaban J connectivity index is 2.25. The molecule has 0 radical (unpaired) electrons. The van der Waals surface area contributed by atoms with Gasteiger partial charge < -0.3 is 4.74 Å². The van der Waals surface area contributed by atoms with E-state index in [0.29, 0.717) is 11.8 Å². The van der Waals surface area contributed by atoms with Crippen LogP contribution in [-0.4, -0.2) is 9.97 Å². The molecule has 0 fully saturated rings. The Bertz CT molecular complexity index is 529. The fraction of sp³-hybridized carbons (Fsp3) is 0.231. The number of hydrogen-bond acceptors (Lipinski definition) is 3. The van der Waals surface area contributed by atoms with Crippen molar-refractivity contribution < 1.29 is 4.74 Å². The number of halogens is 1. The summed E-state index contributed by atoms with van der Waals surface area (Å²) < 4.78 is 5.67. The zero-order valence-electron chi connectivity index (χ0n) is 9.77. The van der Waals surface area contributed by atoms with Gasteiger partial charge in [0.1, 0.15) is 0 Å². The van der Waals surface area contributed by atoms with Crippen molar-refractivity contribution in [3.05, 3.63) is 47.4 Å². The summed E-state index contributed by atoms with van der Waals surface area (Å²) in [5, 5.41) is 0. The van der Waals surface area contributed by atoms with Gasteiger partial charge >= 0.3 is 0 Å². The number of ether oxygens (including phenoxy) is 1. The summed E-state index contributed by atoms with van der Waals surface area (Å²) >= 11 is 5.78. The number of nitrogens with zero attached hydrogens (tertiary/aromatic N) is 2. The highest BCUT2D eigenvalue weighted by atomic mass is 35.5. The minimum Gasteiger partial charge on any atom is -0.437 e. The molecule has 2 rings (SSSR count). The van der Waals surface area contributed by atoms with Gasteiger partial charge in [0, 0.05) is 23.8 Å². The lowest BCUT2D eigenvalue weighted by molar-refractivity contribution is 0.455. The van der Waals surface area contributed by atoms with E-state index in [4.69, 9.17) is 16.3 Å². The van der Waals surface area contributed by atoms with E-state index in [9.17, 15) is 0 Å². The van der Waals surface area contributed by atoms with Gasteiger partial charge in [-0.1, -0.05) is 6.07 Å². The van der Waals surface area contributed by atoms with Gasteiger partial charge in [0.25, 0.3) is 0 Å². The molecule has 0 aromatic carbocycles. The van der Waals surface area contributed by atoms with E-state index in [-0.39, 0.29) is 0 Å². The molecule has 0 spiro atoms. The van der Waals surface area contributed by atoms with Crippen LogP contribution in [0.15, 0.2) is 30.5 Å². The van der Waals surface area contributed by atoms with Crippen molar-refractivity contribution in [1.82, 2.24) is 9.97 Å². The predicted molar refractivity (Wildman–Crippen MR) is 67.6 cm³/mol. The molecule has 3 nitrogen and oxygen atoms in total. The van der Waals surface area contributed by atoms with Crippen LogP contribution in [-0.2, 0) is 5.88 Å². The summed E-state index contributed by atoms with van der Waals surface area (Å²) in [6.07, 6.45) is 1.73. The van der Waals surface area contributed by atoms with Gasteiger partial charge in [0.2, 0.25) is 5.88 Å². The van der Waals surface area contributed by atoms with Crippen molar-refractivity contribution in [3.8, 4) is 11.6 Å². The van der Waals surface area contributed by atoms with E-state index in [0.717, 1.165) is 22.7 Å². The van der Waals surface area contributed by atoms with Crippen molar-refractivity contribution in [3.63, 3.8) is 0 Å². The fourth-order valence-electron chi connectivity index (χ4n) is 1.45. The van der Waals surface area contributed by atoms with E-state index in [1.54, 1.807) is 6.20 Å². The Morgan fingerprint density at radius 3 is 2.65 bits per heavy atom. The molecule has 0 saturated heterocycles. The molecule has 0 aliphatic carbocycles. The zero-order chi connectivity index (χ0) is 12.3. The van der Waals surface area contributed by atoms with E-state index in [1.165, 1.54) is 0 Å². The first kappa shape index (κ1) is 11.9. The first-order valence-corrected chi connectivity index (χ1v) is 5.86. The SMILES string of the molecule is Cc1nc(Oc2cccnc2C)ccc1CCl. The molecule has 0 saturated carbocycles. The van der Waals surface area contributed by atoms with Crippen LogP contribution in [0.1, 0.15) is 17.0 Å². The fourth-order valence-corrected chi connectivity index (χ4v) is 1.74. The Morgan fingerprint density at radius 1 is 1.18 bits per heavy atom. The lowest BCUT2D eigenvalue weighted by Crippen LogP contribution is -1.95. The molecule has 2 aromatic rings. The molecule has 0 unspecified atom stereocenters. The van der Waals surface area contributed by atoms with Gasteiger partial charge in [-0.2, -0.15) is 0 Å². The molecule has 0 atom stereocenters. The summed E-state index contributed by atoms with van der Waals surface area (Å²) in [4.78, 5) is 8.50. The number of hydrogen-bond donors (Lipinski definition) is 0. The van der Waals surface area contributed by atoms with Crippen molar-refractivity contribution >= 4 is 11.6 Å². The summed E-state index contributed by atoms with van der Waals surface area (Å²) in [7, 11) is 0. The van der Waals surface area contributed by atoms with E-state index in [1.807, 2.05) is 38.1 Å². The number of alkyl halides is 1. The third-order valence-electron chi connectivity index (χ3n) is 2.49. The van der Waals surface area contributed by atoms with Gasteiger partial charge in [-0.15, -0.1) is 11.6 Å². The molecule has 2 aromatic heterocycles. The molecule has 0 N–H and O–H groups in total. The van der Waals surface area contributed by atoms with Crippen LogP contribution < -0.4 is 4.74 Å². The average molecular weight is 249 g/mol. The molecule has 0 amide bonds. The molecule has 0 aliphatic heterocycles. The van der Waals surface area contributed by atoms with Gasteiger partial charge in [-0.25, -0.2) is 4.98 Å². The summed E-state index contributed by atoms with van der Waals surface area (Å²) in [5.41, 5.74) is 2.74. The zero-order valence-corrected chi connectivity index (χ0v) is 10.5. The largest absolute Gasteiger partial charge is 0.437 e. The van der Waals surface area contributed by atoms with Crippen LogP contribution in [0, 0.1) is 13.8 Å². The molecule has 2 heterocycles. The second-order valence-corrected chi connectivity index (χ2v) is 3.98. The van der Waals surface area contributed by atoms with Gasteiger partial charge in [0.15, 0.2) is 5.75 Å². The van der Waals surface area contributed by atoms with Crippen molar-refractivity contribution in [2.45, 2.75) is 19.7 Å². The van der Waals surface area contributed by atoms with E-state index < -0.39 is 0 Å². The van der Waals surface area contributed by atoms with Crippen LogP contribution in [0.5, 0.6) is 11.6 Å². The smallest absolute Gasteiger partial charge is 0.219 e. The second-order valence-electron chi connectivity index (χ2n) is 3.72. The quantitative estimate of drug-likeness (QED) is 0.778. The number of aryl methyl sites for hydroxylation is 2. The molecular formula is C13H13ClN2O. The molecular weight excluding hydrogens is 236 g/mol. The average Bonchev–Trinajstić information content (AvgIpc) is 2.32. The maximum Gasteiger partial charge on any atom is 0.219 e. The lowest BCUT2D eigenvalue weighted by atomic mass is 10.2. The Labute approximate surface area is 105 Å². The van der Waals surface area contributed by atoms with Crippen LogP contribution in [0.4, 0.5) is 0 Å². The highest BCUT2D eigenvalue weighted by Gasteiger charge is 2.05. The minimum atomic E-state index is 0.463. The van der Waals surface area contributed by atoms with E-state index >= 15 is 0 Å². The van der Waals surface area contributed by atoms with Crippen molar-refractivity contribution in [1.29, 1.82) is 0 Å². The maximum atomic E-state index is 5.78. The third kappa shape index (κ3) is 2.74. The summed E-state index contributed by atoms with van der Waals surface area (Å²) in [6, 6.07) is 7.45. The van der Waals surface area contributed by atoms with E-state index in [2.05, 4.69) is 9.97 Å². The highest BCUT2D eigenvalue weighted by molar-refractivity contribution is 6.17. The van der Waals surface area contributed by atoms with Crippen LogP contribution in [0.2, 0.25) is 0 Å². The topological polar surface area (TPSA) is 35.0 Å². The Kier molecular flexibility index (Phi) is 3.59. The standard InChI is InChI=1S/C13H13ClN2O/c1-9-11(8-14)5-6-13(16-9)17-12-4-3-7-15-10(12)2/h3-7H,8H2,1-2H3. The third-order valence-corrected chi connectivity index (χ3v) is 2.77. The van der Waals surface area contributed by atoms with Crippen LogP contribution in [0.25, 0.3) is 0 Å². The summed E-state index contributed by atoms with van der Waals surface area (Å²) in [5.74, 6) is 1.75. The first-order valence-electron chi connectivity index (χ1n) is 5.32. The molecule has 17 heavy (non-hydrogen) atoms. The number of pyridine rings is 2. The maximum absolute atomic E-state index is 5.78. The second kappa shape index (κ2) is 5.15. The Morgan fingerprint density at radius 2 is 2.00 bits per heavy atom. The highest BCUT2D eigenvalue weighted by Crippen LogP contribution is 2.23.